The van der Waals surface area contributed by atoms with Gasteiger partial charge in [0.25, 0.3) is 5.91 Å². The Morgan fingerprint density at radius 1 is 1.23 bits per heavy atom. The fourth-order valence-corrected chi connectivity index (χ4v) is 4.02. The molecule has 0 N–H and O–H groups in total. The van der Waals surface area contributed by atoms with E-state index in [1.807, 2.05) is 12.1 Å². The van der Waals surface area contributed by atoms with E-state index in [9.17, 15) is 4.79 Å². The lowest BCUT2D eigenvalue weighted by Gasteiger charge is -2.36. The van der Waals surface area contributed by atoms with Crippen LogP contribution in [0.3, 0.4) is 0 Å². The highest BCUT2D eigenvalue weighted by Gasteiger charge is 2.35. The van der Waals surface area contributed by atoms with Crippen LogP contribution in [0.1, 0.15) is 43.5 Å². The molecule has 142 valence electrons. The fraction of sp³-hybridized carbons (Fsp3) is 0.700. The summed E-state index contributed by atoms with van der Waals surface area (Å²) in [4.78, 5) is 21.9. The van der Waals surface area contributed by atoms with E-state index >= 15 is 0 Å². The molecule has 1 saturated carbocycles. The first-order valence-corrected chi connectivity index (χ1v) is 9.85. The summed E-state index contributed by atoms with van der Waals surface area (Å²) in [5.41, 5.74) is 0.689. The van der Waals surface area contributed by atoms with Gasteiger partial charge < -0.3 is 19.3 Å². The normalized spacial score (nSPS) is 29.0. The van der Waals surface area contributed by atoms with Crippen molar-refractivity contribution in [3.05, 3.63) is 23.9 Å². The van der Waals surface area contributed by atoms with Crippen LogP contribution in [0.2, 0.25) is 0 Å². The molecule has 0 radical (unpaired) electrons. The van der Waals surface area contributed by atoms with Crippen molar-refractivity contribution in [2.45, 2.75) is 51.4 Å². The third kappa shape index (κ3) is 4.01. The average molecular weight is 359 g/mol. The first kappa shape index (κ1) is 17.7. The lowest BCUT2D eigenvalue weighted by Crippen LogP contribution is -2.45. The van der Waals surface area contributed by atoms with Crippen molar-refractivity contribution in [2.75, 3.05) is 37.7 Å². The summed E-state index contributed by atoms with van der Waals surface area (Å²) >= 11 is 0. The van der Waals surface area contributed by atoms with Crippen LogP contribution in [0.5, 0.6) is 0 Å². The SMILES string of the molecule is CC1CN(c2ccc(C(=O)N(CC3CCOC3)C3CC3)cn2)CC(C)O1. The number of anilines is 1. The maximum atomic E-state index is 13.0. The van der Waals surface area contributed by atoms with Crippen LogP contribution in [-0.2, 0) is 9.47 Å². The van der Waals surface area contributed by atoms with Gasteiger partial charge in [-0.05, 0) is 45.2 Å². The van der Waals surface area contributed by atoms with Crippen molar-refractivity contribution < 1.29 is 14.3 Å². The van der Waals surface area contributed by atoms with Crippen molar-refractivity contribution >= 4 is 11.7 Å². The number of morpholine rings is 1. The Morgan fingerprint density at radius 3 is 2.58 bits per heavy atom. The summed E-state index contributed by atoms with van der Waals surface area (Å²) in [7, 11) is 0. The van der Waals surface area contributed by atoms with Crippen LogP contribution in [0.4, 0.5) is 5.82 Å². The molecule has 3 fully saturated rings. The lowest BCUT2D eigenvalue weighted by molar-refractivity contribution is -0.00546. The predicted molar refractivity (Wildman–Crippen MR) is 99.4 cm³/mol. The molecule has 6 heteroatoms. The third-order valence-corrected chi connectivity index (χ3v) is 5.47. The second kappa shape index (κ2) is 7.53. The number of hydrogen-bond donors (Lipinski definition) is 0. The number of hydrogen-bond acceptors (Lipinski definition) is 5. The zero-order valence-corrected chi connectivity index (χ0v) is 15.8. The molecule has 4 rings (SSSR count). The molecule has 2 aliphatic heterocycles. The maximum absolute atomic E-state index is 13.0. The highest BCUT2D eigenvalue weighted by atomic mass is 16.5. The Morgan fingerprint density at radius 2 is 2.00 bits per heavy atom. The summed E-state index contributed by atoms with van der Waals surface area (Å²) in [5, 5.41) is 0. The number of aromatic nitrogens is 1. The van der Waals surface area contributed by atoms with E-state index in [0.29, 0.717) is 17.5 Å². The van der Waals surface area contributed by atoms with Gasteiger partial charge in [0.15, 0.2) is 0 Å². The molecule has 1 aromatic rings. The monoisotopic (exact) mass is 359 g/mol. The van der Waals surface area contributed by atoms with Crippen molar-refractivity contribution in [1.29, 1.82) is 0 Å². The summed E-state index contributed by atoms with van der Waals surface area (Å²) in [6, 6.07) is 4.31. The van der Waals surface area contributed by atoms with Crippen LogP contribution >= 0.6 is 0 Å². The molecule has 2 saturated heterocycles. The standard InChI is InChI=1S/C20H29N3O3/c1-14-10-22(11-15(2)26-14)19-6-3-17(9-21-19)20(24)23(18-4-5-18)12-16-7-8-25-13-16/h3,6,9,14-16,18H,4-5,7-8,10-13H2,1-2H3. The first-order chi connectivity index (χ1) is 12.6. The van der Waals surface area contributed by atoms with E-state index in [-0.39, 0.29) is 18.1 Å². The van der Waals surface area contributed by atoms with Gasteiger partial charge in [0.1, 0.15) is 5.82 Å². The molecule has 3 atom stereocenters. The molecule has 1 aliphatic carbocycles. The van der Waals surface area contributed by atoms with Gasteiger partial charge in [0.2, 0.25) is 0 Å². The smallest absolute Gasteiger partial charge is 0.255 e. The number of ether oxygens (including phenoxy) is 2. The quantitative estimate of drug-likeness (QED) is 0.808. The molecular weight excluding hydrogens is 330 g/mol. The summed E-state index contributed by atoms with van der Waals surface area (Å²) < 4.78 is 11.3. The molecule has 0 aromatic carbocycles. The zero-order valence-electron chi connectivity index (χ0n) is 15.8. The Hall–Kier alpha value is -1.66. The summed E-state index contributed by atoms with van der Waals surface area (Å²) in [6.45, 7) is 8.25. The predicted octanol–water partition coefficient (Wildman–Crippen LogP) is 2.34. The largest absolute Gasteiger partial charge is 0.381 e. The van der Waals surface area contributed by atoms with Gasteiger partial charge in [-0.3, -0.25) is 4.79 Å². The van der Waals surface area contributed by atoms with Crippen molar-refractivity contribution in [1.82, 2.24) is 9.88 Å². The summed E-state index contributed by atoms with van der Waals surface area (Å²) in [5.74, 6) is 1.51. The van der Waals surface area contributed by atoms with Gasteiger partial charge in [-0.1, -0.05) is 0 Å². The van der Waals surface area contributed by atoms with Gasteiger partial charge in [-0.25, -0.2) is 4.98 Å². The minimum absolute atomic E-state index is 0.113. The highest BCUT2D eigenvalue weighted by molar-refractivity contribution is 5.94. The second-order valence-corrected chi connectivity index (χ2v) is 7.99. The zero-order chi connectivity index (χ0) is 18.1. The molecular formula is C20H29N3O3. The Kier molecular flexibility index (Phi) is 5.14. The molecule has 26 heavy (non-hydrogen) atoms. The van der Waals surface area contributed by atoms with Gasteiger partial charge in [0, 0.05) is 44.4 Å². The average Bonchev–Trinajstić information content (AvgIpc) is 3.34. The Balaban J connectivity index is 1.44. The highest BCUT2D eigenvalue weighted by Crippen LogP contribution is 2.30. The fourth-order valence-electron chi connectivity index (χ4n) is 4.02. The molecule has 3 aliphatic rings. The summed E-state index contributed by atoms with van der Waals surface area (Å²) in [6.07, 6.45) is 5.43. The van der Waals surface area contributed by atoms with Crippen LogP contribution < -0.4 is 4.90 Å². The Bertz CT molecular complexity index is 616. The Labute approximate surface area is 155 Å². The molecule has 0 spiro atoms. The number of carbonyl (C=O) groups excluding carboxylic acids is 1. The van der Waals surface area contributed by atoms with Gasteiger partial charge in [-0.15, -0.1) is 0 Å². The van der Waals surface area contributed by atoms with E-state index in [1.54, 1.807) is 6.20 Å². The minimum atomic E-state index is 0.113. The number of carbonyl (C=O) groups is 1. The molecule has 3 heterocycles. The first-order valence-electron chi connectivity index (χ1n) is 9.85. The van der Waals surface area contributed by atoms with E-state index in [2.05, 4.69) is 28.6 Å². The molecule has 3 unspecified atom stereocenters. The van der Waals surface area contributed by atoms with Crippen LogP contribution in [0.25, 0.3) is 0 Å². The van der Waals surface area contributed by atoms with Gasteiger partial charge >= 0.3 is 0 Å². The van der Waals surface area contributed by atoms with Gasteiger partial charge in [-0.2, -0.15) is 0 Å². The number of pyridine rings is 1. The second-order valence-electron chi connectivity index (χ2n) is 7.99. The van der Waals surface area contributed by atoms with E-state index < -0.39 is 0 Å². The minimum Gasteiger partial charge on any atom is -0.381 e. The van der Waals surface area contributed by atoms with E-state index in [1.165, 1.54) is 0 Å². The van der Waals surface area contributed by atoms with Crippen LogP contribution in [0.15, 0.2) is 18.3 Å². The van der Waals surface area contributed by atoms with Crippen molar-refractivity contribution in [3.63, 3.8) is 0 Å². The van der Waals surface area contributed by atoms with Crippen LogP contribution in [0, 0.1) is 5.92 Å². The topological polar surface area (TPSA) is 54.9 Å². The van der Waals surface area contributed by atoms with Crippen molar-refractivity contribution in [2.24, 2.45) is 5.92 Å². The van der Waals surface area contributed by atoms with Crippen molar-refractivity contribution in [3.8, 4) is 0 Å². The number of nitrogens with zero attached hydrogens (tertiary/aromatic N) is 3. The molecule has 1 aromatic heterocycles. The molecule has 1 amide bonds. The van der Waals surface area contributed by atoms with E-state index in [0.717, 1.165) is 57.9 Å². The number of amides is 1. The maximum Gasteiger partial charge on any atom is 0.255 e. The van der Waals surface area contributed by atoms with E-state index in [4.69, 9.17) is 9.47 Å². The van der Waals surface area contributed by atoms with Crippen LogP contribution in [-0.4, -0.2) is 66.9 Å². The molecule has 0 bridgehead atoms. The molecule has 6 nitrogen and oxygen atoms in total. The number of rotatable bonds is 5. The third-order valence-electron chi connectivity index (χ3n) is 5.47. The van der Waals surface area contributed by atoms with Gasteiger partial charge in [0.05, 0.1) is 24.4 Å². The lowest BCUT2D eigenvalue weighted by atomic mass is 10.1.